The van der Waals surface area contributed by atoms with Gasteiger partial charge in [-0.25, -0.2) is 13.2 Å². The first-order valence-electron chi connectivity index (χ1n) is 6.77. The highest BCUT2D eigenvalue weighted by Crippen LogP contribution is 2.22. The van der Waals surface area contributed by atoms with Crippen molar-refractivity contribution < 1.29 is 18.0 Å². The van der Waals surface area contributed by atoms with Gasteiger partial charge in [-0.2, -0.15) is 0 Å². The summed E-state index contributed by atoms with van der Waals surface area (Å²) < 4.78 is 39.9. The molecule has 0 aliphatic heterocycles. The summed E-state index contributed by atoms with van der Waals surface area (Å²) in [5.74, 6) is -2.66. The lowest BCUT2D eigenvalue weighted by Crippen LogP contribution is -2.14. The summed E-state index contributed by atoms with van der Waals surface area (Å²) >= 11 is 0. The van der Waals surface area contributed by atoms with Crippen molar-refractivity contribution in [2.75, 3.05) is 5.32 Å². The molecule has 1 heterocycles. The number of nitrogens with one attached hydrogen (secondary N) is 1. The minimum atomic E-state index is -0.875. The zero-order valence-electron chi connectivity index (χ0n) is 12.0. The van der Waals surface area contributed by atoms with E-state index < -0.39 is 23.4 Å². The molecule has 3 aromatic rings. The lowest BCUT2D eigenvalue weighted by molar-refractivity contribution is 0.102. The molecule has 0 atom stereocenters. The van der Waals surface area contributed by atoms with Gasteiger partial charge in [-0.3, -0.25) is 9.78 Å². The van der Waals surface area contributed by atoms with E-state index in [0.717, 1.165) is 12.1 Å². The topological polar surface area (TPSA) is 42.0 Å². The third-order valence-corrected chi connectivity index (χ3v) is 3.32. The van der Waals surface area contributed by atoms with Gasteiger partial charge in [0.05, 0.1) is 16.8 Å². The highest BCUT2D eigenvalue weighted by Gasteiger charge is 2.15. The number of amides is 1. The van der Waals surface area contributed by atoms with Crippen LogP contribution >= 0.6 is 0 Å². The molecule has 1 aromatic heterocycles. The van der Waals surface area contributed by atoms with E-state index in [1.54, 1.807) is 6.92 Å². The minimum Gasteiger partial charge on any atom is -0.319 e. The first kappa shape index (κ1) is 15.0. The molecule has 0 unspecified atom stereocenters. The maximum absolute atomic E-state index is 13.7. The van der Waals surface area contributed by atoms with Gasteiger partial charge in [-0.1, -0.05) is 0 Å². The molecule has 0 aliphatic rings. The fraction of sp³-hybridized carbons (Fsp3) is 0.0588. The van der Waals surface area contributed by atoms with Crippen LogP contribution in [0.1, 0.15) is 16.1 Å². The molecule has 3 nitrogen and oxygen atoms in total. The van der Waals surface area contributed by atoms with Crippen LogP contribution in [0, 0.1) is 24.4 Å². The normalized spacial score (nSPS) is 10.8. The standard InChI is InChI=1S/C17H11F3N2O/c1-9-6-13(12-4-2-11(19)8-16(12)21-9)17(23)22-15-5-3-10(18)7-14(15)20/h2-8H,1H3,(H,22,23). The second-order valence-corrected chi connectivity index (χ2v) is 5.05. The van der Waals surface area contributed by atoms with Crippen molar-refractivity contribution in [3.63, 3.8) is 0 Å². The third kappa shape index (κ3) is 3.01. The summed E-state index contributed by atoms with van der Waals surface area (Å²) in [5, 5.41) is 2.83. The van der Waals surface area contributed by atoms with Crippen LogP contribution in [0.5, 0.6) is 0 Å². The molecule has 1 amide bonds. The Kier molecular flexibility index (Phi) is 3.73. The number of aryl methyl sites for hydroxylation is 1. The molecule has 0 bridgehead atoms. The second-order valence-electron chi connectivity index (χ2n) is 5.05. The lowest BCUT2D eigenvalue weighted by Gasteiger charge is -2.10. The number of carbonyl (C=O) groups excluding carboxylic acids is 1. The van der Waals surface area contributed by atoms with Gasteiger partial charge in [0.25, 0.3) is 5.91 Å². The van der Waals surface area contributed by atoms with Gasteiger partial charge in [-0.15, -0.1) is 0 Å². The van der Waals surface area contributed by atoms with Crippen molar-refractivity contribution in [3.05, 3.63) is 71.2 Å². The molecular weight excluding hydrogens is 305 g/mol. The Morgan fingerprint density at radius 2 is 1.70 bits per heavy atom. The van der Waals surface area contributed by atoms with Gasteiger partial charge in [-0.05, 0) is 37.3 Å². The highest BCUT2D eigenvalue weighted by atomic mass is 19.1. The molecule has 0 saturated carbocycles. The maximum Gasteiger partial charge on any atom is 0.256 e. The summed E-state index contributed by atoms with van der Waals surface area (Å²) in [6.45, 7) is 1.67. The van der Waals surface area contributed by atoms with E-state index in [-0.39, 0.29) is 11.3 Å². The van der Waals surface area contributed by atoms with Crippen molar-refractivity contribution in [2.45, 2.75) is 6.92 Å². The Bertz CT molecular complexity index is 920. The zero-order valence-corrected chi connectivity index (χ0v) is 12.0. The third-order valence-electron chi connectivity index (χ3n) is 3.32. The number of anilines is 1. The average molecular weight is 316 g/mol. The Balaban J connectivity index is 2.03. The molecule has 2 aromatic carbocycles. The number of aromatic nitrogens is 1. The minimum absolute atomic E-state index is 0.138. The predicted octanol–water partition coefficient (Wildman–Crippen LogP) is 4.21. The fourth-order valence-electron chi connectivity index (χ4n) is 2.30. The van der Waals surface area contributed by atoms with Gasteiger partial charge in [0, 0.05) is 23.2 Å². The Labute approximate surface area is 129 Å². The lowest BCUT2D eigenvalue weighted by atomic mass is 10.1. The number of halogens is 3. The monoisotopic (exact) mass is 316 g/mol. The summed E-state index contributed by atoms with van der Waals surface area (Å²) in [7, 11) is 0. The quantitative estimate of drug-likeness (QED) is 0.769. The van der Waals surface area contributed by atoms with E-state index in [4.69, 9.17) is 0 Å². The zero-order chi connectivity index (χ0) is 16.6. The number of carbonyl (C=O) groups is 1. The molecule has 23 heavy (non-hydrogen) atoms. The number of rotatable bonds is 2. The number of benzene rings is 2. The molecular formula is C17H11F3N2O. The van der Waals surface area contributed by atoms with Crippen molar-refractivity contribution in [1.82, 2.24) is 4.98 Å². The van der Waals surface area contributed by atoms with E-state index in [9.17, 15) is 18.0 Å². The van der Waals surface area contributed by atoms with Crippen LogP contribution in [-0.2, 0) is 0 Å². The smallest absolute Gasteiger partial charge is 0.256 e. The molecule has 0 radical (unpaired) electrons. The van der Waals surface area contributed by atoms with E-state index >= 15 is 0 Å². The summed E-state index contributed by atoms with van der Waals surface area (Å²) in [6.07, 6.45) is 0. The Hall–Kier alpha value is -2.89. The van der Waals surface area contributed by atoms with Gasteiger partial charge in [0.2, 0.25) is 0 Å². The van der Waals surface area contributed by atoms with Crippen LogP contribution in [0.25, 0.3) is 10.9 Å². The predicted molar refractivity (Wildman–Crippen MR) is 80.7 cm³/mol. The van der Waals surface area contributed by atoms with Crippen LogP contribution < -0.4 is 5.32 Å². The fourth-order valence-corrected chi connectivity index (χ4v) is 2.30. The first-order chi connectivity index (χ1) is 10.9. The van der Waals surface area contributed by atoms with Crippen molar-refractivity contribution >= 4 is 22.5 Å². The first-order valence-corrected chi connectivity index (χ1v) is 6.77. The van der Waals surface area contributed by atoms with E-state index in [1.165, 1.54) is 24.3 Å². The summed E-state index contributed by atoms with van der Waals surface area (Å²) in [6, 6.07) is 8.26. The summed E-state index contributed by atoms with van der Waals surface area (Å²) in [4.78, 5) is 16.6. The molecule has 3 rings (SSSR count). The molecule has 0 saturated heterocycles. The molecule has 116 valence electrons. The SMILES string of the molecule is Cc1cc(C(=O)Nc2ccc(F)cc2F)c2ccc(F)cc2n1. The Morgan fingerprint density at radius 3 is 2.43 bits per heavy atom. The molecule has 6 heteroatoms. The van der Waals surface area contributed by atoms with E-state index in [1.807, 2.05) is 0 Å². The van der Waals surface area contributed by atoms with Crippen LogP contribution in [0.2, 0.25) is 0 Å². The van der Waals surface area contributed by atoms with E-state index in [0.29, 0.717) is 22.7 Å². The van der Waals surface area contributed by atoms with Crippen LogP contribution in [0.3, 0.4) is 0 Å². The van der Waals surface area contributed by atoms with Crippen LogP contribution in [0.4, 0.5) is 18.9 Å². The number of hydrogen-bond donors (Lipinski definition) is 1. The van der Waals surface area contributed by atoms with Crippen LogP contribution in [0.15, 0.2) is 42.5 Å². The number of nitrogens with zero attached hydrogens (tertiary/aromatic N) is 1. The second kappa shape index (κ2) is 5.72. The molecule has 0 spiro atoms. The van der Waals surface area contributed by atoms with Gasteiger partial charge < -0.3 is 5.32 Å². The maximum atomic E-state index is 13.7. The Morgan fingerprint density at radius 1 is 1.00 bits per heavy atom. The van der Waals surface area contributed by atoms with E-state index in [2.05, 4.69) is 10.3 Å². The van der Waals surface area contributed by atoms with Gasteiger partial charge in [0.15, 0.2) is 0 Å². The number of fused-ring (bicyclic) bond motifs is 1. The van der Waals surface area contributed by atoms with Gasteiger partial charge >= 0.3 is 0 Å². The highest BCUT2D eigenvalue weighted by molar-refractivity contribution is 6.12. The van der Waals surface area contributed by atoms with Crippen molar-refractivity contribution in [1.29, 1.82) is 0 Å². The number of pyridine rings is 1. The average Bonchev–Trinajstić information content (AvgIpc) is 2.48. The van der Waals surface area contributed by atoms with Crippen molar-refractivity contribution in [2.24, 2.45) is 0 Å². The molecule has 0 aliphatic carbocycles. The molecule has 1 N–H and O–H groups in total. The summed E-state index contributed by atoms with van der Waals surface area (Å²) in [5.41, 5.74) is 0.944. The van der Waals surface area contributed by atoms with Crippen molar-refractivity contribution in [3.8, 4) is 0 Å². The molecule has 0 fully saturated rings. The largest absolute Gasteiger partial charge is 0.319 e. The van der Waals surface area contributed by atoms with Crippen LogP contribution in [-0.4, -0.2) is 10.9 Å². The number of hydrogen-bond acceptors (Lipinski definition) is 2. The van der Waals surface area contributed by atoms with Gasteiger partial charge in [0.1, 0.15) is 17.5 Å².